The van der Waals surface area contributed by atoms with Gasteiger partial charge in [-0.1, -0.05) is 97.1 Å². The van der Waals surface area contributed by atoms with Gasteiger partial charge in [-0.05, 0) is 88.3 Å². The highest BCUT2D eigenvalue weighted by atomic mass is 19.4. The second kappa shape index (κ2) is 27.6. The molecule has 0 saturated heterocycles. The van der Waals surface area contributed by atoms with Crippen molar-refractivity contribution in [1.82, 2.24) is 10.6 Å². The lowest BCUT2D eigenvalue weighted by Gasteiger charge is -2.37. The maximum absolute atomic E-state index is 14.2. The van der Waals surface area contributed by atoms with Crippen molar-refractivity contribution in [2.45, 2.75) is 86.4 Å². The van der Waals surface area contributed by atoms with Gasteiger partial charge in [0, 0.05) is 25.6 Å². The fourth-order valence-electron chi connectivity index (χ4n) is 7.48. The number of nitrogens with one attached hydrogen (secondary N) is 2. The summed E-state index contributed by atoms with van der Waals surface area (Å²) in [5.41, 5.74) is 10.0. The molecule has 0 radical (unpaired) electrons. The number of hydrogen-bond acceptors (Lipinski definition) is 7. The molecule has 2 amide bonds. The first-order chi connectivity index (χ1) is 36.8. The standard InChI is InChI=1S/C27H24F8N2O3.C22H17F6NO.C4H8F3NO/c28-20-11-9-18(10-12-20)25(14-17-5-2-1-3-6-17,37-24(39)36-16-21(38)15-26(31,32)33)19-7-4-8-22(13-19)40-27(34,35)23(29)30;23-17-8-6-15(7-9-17)21(29,13-14-4-2-1-3-5-14)16-10-18(24)12-19(11-16)30-22(27,28)20(25)26;5-4(6,7)1-3(9)2-8/h1-13,21,23,38H,14-16H2,(H2,36,37,39);1-12,20H,13,29H2;3,9H,1-2,8H2/t21-,25+;21-;3-/m010/s1. The van der Waals surface area contributed by atoms with Crippen molar-refractivity contribution in [2.75, 3.05) is 13.1 Å². The Bertz CT molecular complexity index is 2820. The maximum Gasteiger partial charge on any atom is 0.461 e. The Kier molecular flexibility index (Phi) is 22.5. The molecule has 0 heterocycles. The summed E-state index contributed by atoms with van der Waals surface area (Å²) in [6, 6.07) is 33.0. The number of carbonyl (C=O) groups is 1. The SMILES string of the molecule is NC[C@@H](O)CC(F)(F)F.N[C@](Cc1ccccc1)(c1ccc(F)cc1)c1cc(F)cc(OC(F)(F)C(F)F)c1.O=C(NC[C@@H](O)CC(F)(F)F)N[C@](Cc1ccccc1)(c1ccc(F)cc1)c1cccc(OC(F)(F)C(F)F)c1. The van der Waals surface area contributed by atoms with E-state index in [0.29, 0.717) is 17.2 Å². The number of alkyl halides is 14. The second-order valence-corrected chi connectivity index (χ2v) is 17.4. The van der Waals surface area contributed by atoms with Gasteiger partial charge in [-0.15, -0.1) is 0 Å². The number of ether oxygens (including phenoxy) is 2. The van der Waals surface area contributed by atoms with E-state index in [-0.39, 0.29) is 36.1 Å². The number of halogens is 17. The van der Waals surface area contributed by atoms with Crippen LogP contribution in [-0.4, -0.2) is 79.0 Å². The minimum absolute atomic E-state index is 0.00183. The van der Waals surface area contributed by atoms with Gasteiger partial charge in [0.25, 0.3) is 0 Å². The van der Waals surface area contributed by atoms with Gasteiger partial charge in [-0.3, -0.25) is 0 Å². The summed E-state index contributed by atoms with van der Waals surface area (Å²) in [4.78, 5) is 13.0. The summed E-state index contributed by atoms with van der Waals surface area (Å²) < 4.78 is 226. The summed E-state index contributed by atoms with van der Waals surface area (Å²) >= 11 is 0. The normalized spacial score (nSPS) is 14.3. The highest BCUT2D eigenvalue weighted by Crippen LogP contribution is 2.39. The number of urea groups is 1. The molecular weight excluding hydrogens is 1100 g/mol. The van der Waals surface area contributed by atoms with Gasteiger partial charge in [-0.25, -0.2) is 18.0 Å². The smallest absolute Gasteiger partial charge is 0.428 e. The number of nitrogens with two attached hydrogens (primary N) is 2. The van der Waals surface area contributed by atoms with E-state index >= 15 is 0 Å². The van der Waals surface area contributed by atoms with E-state index in [1.54, 1.807) is 60.7 Å². The van der Waals surface area contributed by atoms with Crippen LogP contribution in [0.2, 0.25) is 0 Å². The lowest BCUT2D eigenvalue weighted by Crippen LogP contribution is -2.53. The van der Waals surface area contributed by atoms with E-state index < -0.39 is 115 Å². The molecule has 6 aromatic rings. The van der Waals surface area contributed by atoms with E-state index in [2.05, 4.69) is 20.1 Å². The Labute approximate surface area is 440 Å². The fourth-order valence-corrected chi connectivity index (χ4v) is 7.48. The van der Waals surface area contributed by atoms with Crippen molar-refractivity contribution < 1.29 is 99.1 Å². The molecular formula is C53H49F17N4O5. The summed E-state index contributed by atoms with van der Waals surface area (Å²) in [5.74, 6) is -3.66. The van der Waals surface area contributed by atoms with Crippen LogP contribution in [0.1, 0.15) is 46.2 Å². The van der Waals surface area contributed by atoms with Crippen molar-refractivity contribution in [2.24, 2.45) is 11.5 Å². The second-order valence-electron chi connectivity index (χ2n) is 17.4. The van der Waals surface area contributed by atoms with Crippen LogP contribution >= 0.6 is 0 Å². The Morgan fingerprint density at radius 3 is 1.43 bits per heavy atom. The topological polar surface area (TPSA) is 152 Å². The summed E-state index contributed by atoms with van der Waals surface area (Å²) in [6.45, 7) is -1.14. The van der Waals surface area contributed by atoms with Gasteiger partial charge in [0.05, 0.1) is 36.1 Å². The third-order valence-electron chi connectivity index (χ3n) is 11.1. The summed E-state index contributed by atoms with van der Waals surface area (Å²) in [5, 5.41) is 22.8. The zero-order valence-electron chi connectivity index (χ0n) is 40.7. The molecule has 0 spiro atoms. The number of aliphatic hydroxyl groups is 2. The Morgan fingerprint density at radius 2 is 0.962 bits per heavy atom. The van der Waals surface area contributed by atoms with Crippen molar-refractivity contribution in [3.8, 4) is 11.5 Å². The van der Waals surface area contributed by atoms with Crippen molar-refractivity contribution in [3.05, 3.63) is 202 Å². The number of carbonyl (C=O) groups excluding carboxylic acids is 1. The van der Waals surface area contributed by atoms with Crippen LogP contribution in [0.4, 0.5) is 79.4 Å². The molecule has 0 aliphatic heterocycles. The largest absolute Gasteiger partial charge is 0.461 e. The highest BCUT2D eigenvalue weighted by Gasteiger charge is 2.46. The Morgan fingerprint density at radius 1 is 0.506 bits per heavy atom. The minimum atomic E-state index is -4.84. The molecule has 0 aromatic heterocycles. The molecule has 0 aliphatic rings. The molecule has 0 unspecified atom stereocenters. The van der Waals surface area contributed by atoms with Crippen LogP contribution in [0, 0.1) is 17.5 Å². The van der Waals surface area contributed by atoms with Crippen LogP contribution in [0.15, 0.2) is 152 Å². The Balaban J connectivity index is 0.000000302. The van der Waals surface area contributed by atoms with Crippen LogP contribution < -0.4 is 31.6 Å². The molecule has 8 N–H and O–H groups in total. The van der Waals surface area contributed by atoms with Crippen LogP contribution in [0.5, 0.6) is 11.5 Å². The van der Waals surface area contributed by atoms with Crippen molar-refractivity contribution in [3.63, 3.8) is 0 Å². The first kappa shape index (κ1) is 64.4. The first-order valence-corrected chi connectivity index (χ1v) is 23.0. The molecule has 6 rings (SSSR count). The molecule has 430 valence electrons. The number of aliphatic hydroxyl groups excluding tert-OH is 2. The number of benzene rings is 6. The van der Waals surface area contributed by atoms with Gasteiger partial charge >= 0.3 is 43.5 Å². The average molecular weight is 1140 g/mol. The maximum atomic E-state index is 14.2. The minimum Gasteiger partial charge on any atom is -0.428 e. The van der Waals surface area contributed by atoms with Gasteiger partial charge in [0.15, 0.2) is 0 Å². The summed E-state index contributed by atoms with van der Waals surface area (Å²) in [7, 11) is 0. The van der Waals surface area contributed by atoms with Gasteiger partial charge < -0.3 is 41.8 Å². The number of amides is 2. The molecule has 0 aliphatic carbocycles. The first-order valence-electron chi connectivity index (χ1n) is 23.0. The predicted octanol–water partition coefficient (Wildman–Crippen LogP) is 12.1. The quantitative estimate of drug-likeness (QED) is 0.0416. The lowest BCUT2D eigenvalue weighted by atomic mass is 9.78. The molecule has 0 saturated carbocycles. The molecule has 4 atom stereocenters. The number of rotatable bonds is 20. The van der Waals surface area contributed by atoms with Gasteiger partial charge in [0.2, 0.25) is 0 Å². The molecule has 0 bridgehead atoms. The van der Waals surface area contributed by atoms with E-state index in [1.165, 1.54) is 36.4 Å². The molecule has 26 heteroatoms. The molecule has 6 aromatic carbocycles. The monoisotopic (exact) mass is 1140 g/mol. The van der Waals surface area contributed by atoms with E-state index in [9.17, 15) is 84.5 Å². The summed E-state index contributed by atoms with van der Waals surface area (Å²) in [6.07, 6.45) is -33.1. The van der Waals surface area contributed by atoms with Crippen LogP contribution in [-0.2, 0) is 23.9 Å². The van der Waals surface area contributed by atoms with Crippen molar-refractivity contribution >= 4 is 6.03 Å². The zero-order valence-corrected chi connectivity index (χ0v) is 40.7. The van der Waals surface area contributed by atoms with Gasteiger partial charge in [0.1, 0.15) is 29.0 Å². The molecule has 0 fully saturated rings. The average Bonchev–Trinajstić information content (AvgIpc) is 3.49. The zero-order chi connectivity index (χ0) is 59.0. The van der Waals surface area contributed by atoms with E-state index in [0.717, 1.165) is 54.1 Å². The number of hydrogen-bond donors (Lipinski definition) is 6. The highest BCUT2D eigenvalue weighted by molar-refractivity contribution is 5.76. The lowest BCUT2D eigenvalue weighted by molar-refractivity contribution is -0.253. The van der Waals surface area contributed by atoms with Gasteiger partial charge in [-0.2, -0.15) is 61.5 Å². The predicted molar refractivity (Wildman–Crippen MR) is 254 cm³/mol. The Hall–Kier alpha value is -7.16. The van der Waals surface area contributed by atoms with Crippen molar-refractivity contribution in [1.29, 1.82) is 0 Å². The molecule has 9 nitrogen and oxygen atoms in total. The van der Waals surface area contributed by atoms with E-state index in [1.807, 2.05) is 0 Å². The fraction of sp³-hybridized carbons (Fsp3) is 0.302. The van der Waals surface area contributed by atoms with E-state index in [4.69, 9.17) is 16.6 Å². The third-order valence-corrected chi connectivity index (χ3v) is 11.1. The van der Waals surface area contributed by atoms with Crippen LogP contribution in [0.25, 0.3) is 0 Å². The third kappa shape index (κ3) is 20.2. The molecule has 79 heavy (non-hydrogen) atoms. The van der Waals surface area contributed by atoms with Crippen LogP contribution in [0.3, 0.4) is 0 Å².